The van der Waals surface area contributed by atoms with E-state index in [-0.39, 0.29) is 23.4 Å². The number of benzene rings is 2. The second-order valence-corrected chi connectivity index (χ2v) is 8.65. The summed E-state index contributed by atoms with van der Waals surface area (Å²) >= 11 is 7.12. The molecule has 0 aliphatic carbocycles. The minimum absolute atomic E-state index is 0.137. The Bertz CT molecular complexity index is 1470. The molecular weight excluding hydrogens is 466 g/mol. The summed E-state index contributed by atoms with van der Waals surface area (Å²) in [5.74, 6) is -0.623. The molecule has 1 unspecified atom stereocenters. The number of fused-ring (bicyclic) bond motifs is 1. The highest BCUT2D eigenvalue weighted by atomic mass is 35.5. The van der Waals surface area contributed by atoms with Crippen molar-refractivity contribution in [1.82, 2.24) is 4.57 Å². The van der Waals surface area contributed by atoms with Gasteiger partial charge in [0.25, 0.3) is 11.2 Å². The van der Waals surface area contributed by atoms with Crippen molar-refractivity contribution in [3.8, 4) is 0 Å². The zero-order valence-electron chi connectivity index (χ0n) is 17.6. The van der Waals surface area contributed by atoms with Crippen LogP contribution in [0.1, 0.15) is 31.0 Å². The normalized spacial score (nSPS) is 15.7. The fraction of sp³-hybridized carbons (Fsp3) is 0.174. The highest BCUT2D eigenvalue weighted by Crippen LogP contribution is 2.32. The van der Waals surface area contributed by atoms with Crippen LogP contribution in [-0.4, -0.2) is 22.1 Å². The Hall–Kier alpha value is -3.56. The molecule has 4 rings (SSSR count). The van der Waals surface area contributed by atoms with E-state index in [9.17, 15) is 19.7 Å². The van der Waals surface area contributed by atoms with Crippen LogP contribution in [-0.2, 0) is 9.53 Å². The van der Waals surface area contributed by atoms with E-state index in [1.165, 1.54) is 34.1 Å². The number of nitrogens with zero attached hydrogens (tertiary/aromatic N) is 3. The van der Waals surface area contributed by atoms with E-state index in [0.717, 1.165) is 5.56 Å². The van der Waals surface area contributed by atoms with Crippen LogP contribution < -0.4 is 14.9 Å². The largest absolute Gasteiger partial charge is 0.463 e. The number of esters is 1. The molecule has 168 valence electrons. The van der Waals surface area contributed by atoms with Crippen molar-refractivity contribution >= 4 is 40.7 Å². The first-order valence-electron chi connectivity index (χ1n) is 9.99. The van der Waals surface area contributed by atoms with Gasteiger partial charge < -0.3 is 4.74 Å². The van der Waals surface area contributed by atoms with Crippen molar-refractivity contribution in [2.24, 2.45) is 4.99 Å². The number of rotatable bonds is 5. The average Bonchev–Trinajstić information content (AvgIpc) is 3.09. The van der Waals surface area contributed by atoms with Gasteiger partial charge in [-0.1, -0.05) is 47.2 Å². The number of thiazole rings is 1. The van der Waals surface area contributed by atoms with E-state index in [2.05, 4.69) is 4.99 Å². The number of hydrogen-bond donors (Lipinski definition) is 0. The van der Waals surface area contributed by atoms with E-state index < -0.39 is 16.9 Å². The summed E-state index contributed by atoms with van der Waals surface area (Å²) in [5.41, 5.74) is 1.25. The maximum atomic E-state index is 13.5. The number of halogens is 1. The summed E-state index contributed by atoms with van der Waals surface area (Å²) in [6.07, 6.45) is 1.72. The summed E-state index contributed by atoms with van der Waals surface area (Å²) in [6.45, 7) is 3.47. The number of nitro benzene ring substituents is 1. The van der Waals surface area contributed by atoms with Gasteiger partial charge in [0, 0.05) is 17.2 Å². The van der Waals surface area contributed by atoms with Crippen molar-refractivity contribution in [1.29, 1.82) is 0 Å². The Morgan fingerprint density at radius 3 is 2.70 bits per heavy atom. The van der Waals surface area contributed by atoms with Gasteiger partial charge >= 0.3 is 5.97 Å². The third-order valence-electron chi connectivity index (χ3n) is 5.08. The minimum atomic E-state index is -0.910. The van der Waals surface area contributed by atoms with Gasteiger partial charge in [0.2, 0.25) is 0 Å². The molecule has 0 amide bonds. The monoisotopic (exact) mass is 483 g/mol. The fourth-order valence-electron chi connectivity index (χ4n) is 3.63. The molecule has 1 atom stereocenters. The van der Waals surface area contributed by atoms with Crippen LogP contribution in [0.5, 0.6) is 0 Å². The molecule has 33 heavy (non-hydrogen) atoms. The van der Waals surface area contributed by atoms with Crippen molar-refractivity contribution in [2.75, 3.05) is 6.61 Å². The SMILES string of the molecule is CCOC(=O)C1=C(C)N=c2sc(=Cc3ccc(Cl)cc3)c(=O)n2C1c1cccc([N+](=O)[O-])c1. The van der Waals surface area contributed by atoms with Crippen molar-refractivity contribution in [2.45, 2.75) is 19.9 Å². The highest BCUT2D eigenvalue weighted by molar-refractivity contribution is 7.07. The Morgan fingerprint density at radius 1 is 1.30 bits per heavy atom. The number of nitro groups is 1. The summed E-state index contributed by atoms with van der Waals surface area (Å²) in [5, 5.41) is 11.9. The first-order chi connectivity index (χ1) is 15.8. The van der Waals surface area contributed by atoms with E-state index in [0.29, 0.717) is 25.6 Å². The van der Waals surface area contributed by atoms with E-state index in [4.69, 9.17) is 16.3 Å². The maximum Gasteiger partial charge on any atom is 0.338 e. The molecule has 0 N–H and O–H groups in total. The molecule has 10 heteroatoms. The molecule has 2 heterocycles. The lowest BCUT2D eigenvalue weighted by atomic mass is 9.95. The van der Waals surface area contributed by atoms with Crippen LogP contribution in [0.2, 0.25) is 5.02 Å². The van der Waals surface area contributed by atoms with Crippen LogP contribution in [0, 0.1) is 10.1 Å². The zero-order chi connectivity index (χ0) is 23.7. The predicted octanol–water partition coefficient (Wildman–Crippen LogP) is 3.36. The Balaban J connectivity index is 1.97. The molecule has 1 aliphatic rings. The lowest BCUT2D eigenvalue weighted by Crippen LogP contribution is -2.39. The van der Waals surface area contributed by atoms with E-state index in [1.807, 2.05) is 0 Å². The minimum Gasteiger partial charge on any atom is -0.463 e. The lowest BCUT2D eigenvalue weighted by molar-refractivity contribution is -0.384. The molecule has 8 nitrogen and oxygen atoms in total. The molecule has 0 fully saturated rings. The predicted molar refractivity (Wildman–Crippen MR) is 125 cm³/mol. The second kappa shape index (κ2) is 9.13. The Morgan fingerprint density at radius 2 is 2.03 bits per heavy atom. The van der Waals surface area contributed by atoms with Gasteiger partial charge in [0.15, 0.2) is 4.80 Å². The van der Waals surface area contributed by atoms with Gasteiger partial charge in [-0.15, -0.1) is 0 Å². The van der Waals surface area contributed by atoms with Crippen LogP contribution in [0.3, 0.4) is 0 Å². The van der Waals surface area contributed by atoms with Gasteiger partial charge in [-0.2, -0.15) is 0 Å². The van der Waals surface area contributed by atoms with Crippen molar-refractivity contribution in [3.63, 3.8) is 0 Å². The summed E-state index contributed by atoms with van der Waals surface area (Å²) in [6, 6.07) is 12.0. The molecule has 2 aromatic carbocycles. The van der Waals surface area contributed by atoms with Crippen molar-refractivity contribution < 1.29 is 14.5 Å². The molecule has 0 radical (unpaired) electrons. The number of hydrogen-bond acceptors (Lipinski definition) is 7. The smallest absolute Gasteiger partial charge is 0.338 e. The maximum absolute atomic E-state index is 13.5. The second-order valence-electron chi connectivity index (χ2n) is 7.21. The molecule has 0 saturated heterocycles. The third kappa shape index (κ3) is 4.37. The Kier molecular flexibility index (Phi) is 6.26. The van der Waals surface area contributed by atoms with Crippen molar-refractivity contribution in [3.05, 3.63) is 106 Å². The third-order valence-corrected chi connectivity index (χ3v) is 6.32. The summed E-state index contributed by atoms with van der Waals surface area (Å²) in [7, 11) is 0. The summed E-state index contributed by atoms with van der Waals surface area (Å²) in [4.78, 5) is 42.0. The number of aromatic nitrogens is 1. The van der Waals surface area contributed by atoms with Gasteiger partial charge in [-0.3, -0.25) is 19.5 Å². The molecule has 0 spiro atoms. The molecule has 1 aromatic heterocycles. The standard InChI is InChI=1S/C23H18ClN3O5S/c1-3-32-22(29)19-13(2)25-23-26(20(19)15-5-4-6-17(12-15)27(30)31)21(28)18(33-23)11-14-7-9-16(24)10-8-14/h4-12,20H,3H2,1-2H3. The Labute approximate surface area is 196 Å². The van der Waals surface area contributed by atoms with Crippen LogP contribution in [0.25, 0.3) is 6.08 Å². The topological polar surface area (TPSA) is 104 Å². The zero-order valence-corrected chi connectivity index (χ0v) is 19.2. The van der Waals surface area contributed by atoms with Crippen LogP contribution in [0.4, 0.5) is 5.69 Å². The van der Waals surface area contributed by atoms with E-state index >= 15 is 0 Å². The van der Waals surface area contributed by atoms with E-state index in [1.54, 1.807) is 50.3 Å². The van der Waals surface area contributed by atoms with Gasteiger partial charge in [-0.05, 0) is 43.2 Å². The molecule has 0 bridgehead atoms. The lowest BCUT2D eigenvalue weighted by Gasteiger charge is -2.24. The molecular formula is C23H18ClN3O5S. The number of ether oxygens (including phenoxy) is 1. The number of non-ortho nitro benzene ring substituents is 1. The highest BCUT2D eigenvalue weighted by Gasteiger charge is 2.34. The molecule has 1 aliphatic heterocycles. The van der Waals surface area contributed by atoms with Crippen LogP contribution >= 0.6 is 22.9 Å². The first kappa shape index (κ1) is 22.6. The quantitative estimate of drug-likeness (QED) is 0.314. The molecule has 0 saturated carbocycles. The fourth-order valence-corrected chi connectivity index (χ4v) is 4.80. The number of carbonyl (C=O) groups excluding carboxylic acids is 1. The summed E-state index contributed by atoms with van der Waals surface area (Å²) < 4.78 is 7.03. The van der Waals surface area contributed by atoms with Gasteiger partial charge in [0.1, 0.15) is 0 Å². The average molecular weight is 484 g/mol. The first-order valence-corrected chi connectivity index (χ1v) is 11.2. The van der Waals surface area contributed by atoms with Gasteiger partial charge in [0.05, 0.1) is 33.4 Å². The number of carbonyl (C=O) groups is 1. The van der Waals surface area contributed by atoms with Crippen LogP contribution in [0.15, 0.2) is 69.6 Å². The molecule has 3 aromatic rings. The van der Waals surface area contributed by atoms with Gasteiger partial charge in [-0.25, -0.2) is 9.79 Å². The number of allylic oxidation sites excluding steroid dienone is 1.